The summed E-state index contributed by atoms with van der Waals surface area (Å²) < 4.78 is 10.5. The van der Waals surface area contributed by atoms with Crippen LogP contribution in [0.4, 0.5) is 0 Å². The van der Waals surface area contributed by atoms with Gasteiger partial charge in [0.2, 0.25) is 6.23 Å². The van der Waals surface area contributed by atoms with E-state index in [1.54, 1.807) is 25.7 Å². The van der Waals surface area contributed by atoms with Crippen molar-refractivity contribution in [2.24, 2.45) is 0 Å². The van der Waals surface area contributed by atoms with Gasteiger partial charge in [-0.05, 0) is 45.6 Å². The normalized spacial score (nSPS) is 19.2. The van der Waals surface area contributed by atoms with Crippen molar-refractivity contribution in [2.45, 2.75) is 70.9 Å². The number of aliphatic hydroxyl groups is 1. The van der Waals surface area contributed by atoms with E-state index in [4.69, 9.17) is 9.47 Å². The molecule has 0 saturated carbocycles. The van der Waals surface area contributed by atoms with E-state index in [1.165, 1.54) is 0 Å². The number of benzene rings is 1. The second-order valence-electron chi connectivity index (χ2n) is 7.63. The third-order valence-corrected chi connectivity index (χ3v) is 4.28. The van der Waals surface area contributed by atoms with Crippen LogP contribution in [0.5, 0.6) is 0 Å². The van der Waals surface area contributed by atoms with Crippen LogP contribution < -0.4 is 0 Å². The minimum Gasteiger partial charge on any atom is -0.461 e. The molecular weight excluding hydrogens is 334 g/mol. The third-order valence-electron chi connectivity index (χ3n) is 4.28. The predicted octanol–water partition coefficient (Wildman–Crippen LogP) is 2.63. The number of aliphatic hydroxyl groups excluding tert-OH is 1. The summed E-state index contributed by atoms with van der Waals surface area (Å²) in [5, 5.41) is 10.3. The van der Waals surface area contributed by atoms with Gasteiger partial charge in [0.1, 0.15) is 12.2 Å². The number of nitrogens with zero attached hydrogens (tertiary/aromatic N) is 1. The van der Waals surface area contributed by atoms with E-state index in [-0.39, 0.29) is 25.0 Å². The van der Waals surface area contributed by atoms with Gasteiger partial charge in [-0.15, -0.1) is 0 Å². The Morgan fingerprint density at radius 1 is 1.27 bits per heavy atom. The van der Waals surface area contributed by atoms with Crippen molar-refractivity contribution in [3.63, 3.8) is 0 Å². The van der Waals surface area contributed by atoms with Gasteiger partial charge >= 0.3 is 11.9 Å². The van der Waals surface area contributed by atoms with Gasteiger partial charge in [0.05, 0.1) is 0 Å². The number of esters is 2. The predicted molar refractivity (Wildman–Crippen MR) is 97.1 cm³/mol. The summed E-state index contributed by atoms with van der Waals surface area (Å²) in [4.78, 5) is 25.8. The van der Waals surface area contributed by atoms with Crippen LogP contribution in [0.3, 0.4) is 0 Å². The Kier molecular flexibility index (Phi) is 7.17. The molecule has 26 heavy (non-hydrogen) atoms. The Morgan fingerprint density at radius 2 is 1.96 bits per heavy atom. The molecule has 1 aliphatic heterocycles. The number of likely N-dealkylation sites (tertiary alicyclic amines) is 1. The maximum Gasteiger partial charge on any atom is 0.351 e. The smallest absolute Gasteiger partial charge is 0.351 e. The van der Waals surface area contributed by atoms with Crippen LogP contribution in [0.2, 0.25) is 0 Å². The van der Waals surface area contributed by atoms with Crippen molar-refractivity contribution in [1.29, 1.82) is 0 Å². The average molecular weight is 363 g/mol. The number of carbonyl (C=O) groups excluding carboxylic acids is 2. The first-order chi connectivity index (χ1) is 12.3. The highest BCUT2D eigenvalue weighted by atomic mass is 16.6. The molecule has 1 fully saturated rings. The lowest BCUT2D eigenvalue weighted by molar-refractivity contribution is -0.177. The third kappa shape index (κ3) is 6.42. The van der Waals surface area contributed by atoms with Crippen molar-refractivity contribution < 1.29 is 24.2 Å². The topological polar surface area (TPSA) is 76.1 Å². The van der Waals surface area contributed by atoms with Crippen molar-refractivity contribution in [3.8, 4) is 0 Å². The number of ether oxygens (including phenoxy) is 2. The molecule has 2 atom stereocenters. The Labute approximate surface area is 155 Å². The van der Waals surface area contributed by atoms with E-state index in [0.717, 1.165) is 18.4 Å². The average Bonchev–Trinajstić information content (AvgIpc) is 3.05. The van der Waals surface area contributed by atoms with E-state index in [1.807, 2.05) is 30.3 Å². The van der Waals surface area contributed by atoms with Crippen LogP contribution in [-0.2, 0) is 25.7 Å². The number of carbonyl (C=O) groups is 2. The van der Waals surface area contributed by atoms with Crippen LogP contribution >= 0.6 is 0 Å². The highest BCUT2D eigenvalue weighted by Gasteiger charge is 2.36. The monoisotopic (exact) mass is 363 g/mol. The molecule has 6 heteroatoms. The number of rotatable bonds is 7. The maximum absolute atomic E-state index is 12.1. The molecule has 0 aliphatic carbocycles. The minimum absolute atomic E-state index is 0.0261. The summed E-state index contributed by atoms with van der Waals surface area (Å²) in [6, 6.07) is 9.50. The molecule has 1 saturated heterocycles. The van der Waals surface area contributed by atoms with Crippen LogP contribution in [0.25, 0.3) is 0 Å². The fraction of sp³-hybridized carbons (Fsp3) is 0.600. The van der Waals surface area contributed by atoms with Gasteiger partial charge in [0.25, 0.3) is 0 Å². The quantitative estimate of drug-likeness (QED) is 0.751. The second kappa shape index (κ2) is 9.14. The summed E-state index contributed by atoms with van der Waals surface area (Å²) in [5.74, 6) is -0.913. The van der Waals surface area contributed by atoms with E-state index in [9.17, 15) is 14.7 Å². The lowest BCUT2D eigenvalue weighted by Gasteiger charge is -2.30. The molecule has 1 aromatic carbocycles. The van der Waals surface area contributed by atoms with Gasteiger partial charge in [-0.3, -0.25) is 9.69 Å². The van der Waals surface area contributed by atoms with Gasteiger partial charge in [-0.2, -0.15) is 0 Å². The molecule has 1 N–H and O–H groups in total. The molecule has 0 amide bonds. The van der Waals surface area contributed by atoms with Crippen molar-refractivity contribution in [1.82, 2.24) is 4.90 Å². The standard InChI is InChI=1S/C20H29NO5/c1-20(2,3)26-19(24)18(23)21-13-7-10-16(21)11-12-17(22)25-14-15-8-5-4-6-9-15/h4-6,8-9,16,18,23H,7,10-14H2,1-3H3/t16-,18+/m0/s1. The SMILES string of the molecule is CC(C)(C)OC(=O)[C@@H](O)N1CCC[C@H]1CCC(=O)OCc1ccccc1. The Hall–Kier alpha value is -1.92. The largest absolute Gasteiger partial charge is 0.461 e. The lowest BCUT2D eigenvalue weighted by Crippen LogP contribution is -2.46. The maximum atomic E-state index is 12.1. The van der Waals surface area contributed by atoms with Crippen LogP contribution in [-0.4, -0.2) is 46.4 Å². The van der Waals surface area contributed by atoms with Crippen molar-refractivity contribution >= 4 is 11.9 Å². The molecule has 1 aromatic rings. The summed E-state index contributed by atoms with van der Waals surface area (Å²) in [6.07, 6.45) is 1.24. The first kappa shape index (κ1) is 20.4. The molecule has 1 aliphatic rings. The first-order valence-electron chi connectivity index (χ1n) is 9.12. The van der Waals surface area contributed by atoms with Gasteiger partial charge in [-0.25, -0.2) is 4.79 Å². The second-order valence-corrected chi connectivity index (χ2v) is 7.63. The zero-order valence-corrected chi connectivity index (χ0v) is 15.8. The van der Waals surface area contributed by atoms with Crippen LogP contribution in [0.1, 0.15) is 52.0 Å². The summed E-state index contributed by atoms with van der Waals surface area (Å²) in [7, 11) is 0. The Balaban J connectivity index is 1.78. The van der Waals surface area contributed by atoms with Gasteiger partial charge < -0.3 is 14.6 Å². The minimum atomic E-state index is -1.29. The van der Waals surface area contributed by atoms with E-state index < -0.39 is 17.8 Å². The van der Waals surface area contributed by atoms with E-state index >= 15 is 0 Å². The van der Waals surface area contributed by atoms with Gasteiger partial charge in [0.15, 0.2) is 0 Å². The Morgan fingerprint density at radius 3 is 2.62 bits per heavy atom. The molecule has 0 unspecified atom stereocenters. The molecule has 144 valence electrons. The summed E-state index contributed by atoms with van der Waals surface area (Å²) in [5.41, 5.74) is 0.304. The number of hydrogen-bond donors (Lipinski definition) is 1. The molecule has 6 nitrogen and oxygen atoms in total. The molecule has 0 radical (unpaired) electrons. The van der Waals surface area contributed by atoms with Gasteiger partial charge in [0, 0.05) is 19.0 Å². The zero-order valence-electron chi connectivity index (χ0n) is 15.8. The molecule has 2 rings (SSSR count). The fourth-order valence-corrected chi connectivity index (χ4v) is 3.07. The lowest BCUT2D eigenvalue weighted by atomic mass is 10.1. The Bertz CT molecular complexity index is 596. The van der Waals surface area contributed by atoms with E-state index in [2.05, 4.69) is 0 Å². The van der Waals surface area contributed by atoms with Crippen LogP contribution in [0.15, 0.2) is 30.3 Å². The zero-order chi connectivity index (χ0) is 19.2. The van der Waals surface area contributed by atoms with Gasteiger partial charge in [-0.1, -0.05) is 30.3 Å². The highest BCUT2D eigenvalue weighted by molar-refractivity contribution is 5.74. The summed E-state index contributed by atoms with van der Waals surface area (Å²) in [6.45, 7) is 6.17. The van der Waals surface area contributed by atoms with Crippen molar-refractivity contribution in [3.05, 3.63) is 35.9 Å². The first-order valence-corrected chi connectivity index (χ1v) is 9.12. The molecular formula is C20H29NO5. The fourth-order valence-electron chi connectivity index (χ4n) is 3.07. The molecule has 0 bridgehead atoms. The molecule has 0 aromatic heterocycles. The van der Waals surface area contributed by atoms with Crippen molar-refractivity contribution in [2.75, 3.05) is 6.54 Å². The van der Waals surface area contributed by atoms with E-state index in [0.29, 0.717) is 13.0 Å². The summed E-state index contributed by atoms with van der Waals surface area (Å²) >= 11 is 0. The number of hydrogen-bond acceptors (Lipinski definition) is 6. The molecule has 1 heterocycles. The molecule has 0 spiro atoms. The van der Waals surface area contributed by atoms with Crippen LogP contribution in [0, 0.1) is 0 Å². The highest BCUT2D eigenvalue weighted by Crippen LogP contribution is 2.24.